The molecule has 1 heterocycles. The van der Waals surface area contributed by atoms with Crippen molar-refractivity contribution < 1.29 is 13.5 Å². The first-order valence-corrected chi connectivity index (χ1v) is 5.70. The van der Waals surface area contributed by atoms with Crippen molar-refractivity contribution in [3.8, 4) is 5.75 Å². The Morgan fingerprint density at radius 3 is 2.72 bits per heavy atom. The van der Waals surface area contributed by atoms with Crippen LogP contribution in [0.5, 0.6) is 5.75 Å². The Kier molecular flexibility index (Phi) is 3.99. The van der Waals surface area contributed by atoms with E-state index in [9.17, 15) is 8.78 Å². The summed E-state index contributed by atoms with van der Waals surface area (Å²) in [5, 5.41) is 0.604. The first kappa shape index (κ1) is 13.1. The van der Waals surface area contributed by atoms with E-state index in [1.165, 1.54) is 24.4 Å². The number of ether oxygens (including phenoxy) is 1. The van der Waals surface area contributed by atoms with Gasteiger partial charge in [0.25, 0.3) is 0 Å². The molecule has 0 aliphatic heterocycles. The van der Waals surface area contributed by atoms with E-state index < -0.39 is 11.6 Å². The Morgan fingerprint density at radius 1 is 1.22 bits per heavy atom. The van der Waals surface area contributed by atoms with Crippen molar-refractivity contribution in [2.75, 3.05) is 0 Å². The van der Waals surface area contributed by atoms with Crippen LogP contribution in [0.3, 0.4) is 0 Å². The molecule has 2 rings (SSSR count). The average molecular weight is 290 g/mol. The number of hydrogen-bond donors (Lipinski definition) is 0. The summed E-state index contributed by atoms with van der Waals surface area (Å²) in [7, 11) is 0. The average Bonchev–Trinajstić information content (AvgIpc) is 2.33. The summed E-state index contributed by atoms with van der Waals surface area (Å²) in [5.74, 6) is -2.18. The second kappa shape index (κ2) is 5.50. The molecule has 0 amide bonds. The van der Waals surface area contributed by atoms with Crippen LogP contribution < -0.4 is 4.74 Å². The summed E-state index contributed by atoms with van der Waals surface area (Å²) in [6.07, 6.45) is 1.42. The van der Waals surface area contributed by atoms with Crippen LogP contribution in [-0.4, -0.2) is 4.98 Å². The van der Waals surface area contributed by atoms with Gasteiger partial charge in [-0.1, -0.05) is 29.3 Å². The smallest absolute Gasteiger partial charge is 0.200 e. The molecule has 0 unspecified atom stereocenters. The predicted octanol–water partition coefficient (Wildman–Crippen LogP) is 4.25. The third kappa shape index (κ3) is 2.89. The van der Waals surface area contributed by atoms with E-state index in [1.807, 2.05) is 0 Å². The Balaban J connectivity index is 2.14. The van der Waals surface area contributed by atoms with Gasteiger partial charge in [0, 0.05) is 11.8 Å². The van der Waals surface area contributed by atoms with Crippen molar-refractivity contribution in [3.05, 3.63) is 57.8 Å². The van der Waals surface area contributed by atoms with Crippen molar-refractivity contribution >= 4 is 23.2 Å². The molecule has 0 aliphatic rings. The topological polar surface area (TPSA) is 22.1 Å². The zero-order chi connectivity index (χ0) is 13.1. The number of hydrogen-bond acceptors (Lipinski definition) is 2. The Bertz CT molecular complexity index is 578. The highest BCUT2D eigenvalue weighted by molar-refractivity contribution is 6.34. The van der Waals surface area contributed by atoms with Gasteiger partial charge in [-0.2, -0.15) is 4.39 Å². The number of benzene rings is 1. The number of aromatic nitrogens is 1. The van der Waals surface area contributed by atoms with Crippen LogP contribution in [0.1, 0.15) is 5.56 Å². The molecule has 2 aromatic rings. The molecule has 6 heteroatoms. The molecule has 0 radical (unpaired) electrons. The molecular formula is C12H7Cl2F2NO. The third-order valence-electron chi connectivity index (χ3n) is 2.20. The van der Waals surface area contributed by atoms with Crippen molar-refractivity contribution in [1.82, 2.24) is 4.98 Å². The largest absolute Gasteiger partial charge is 0.486 e. The van der Waals surface area contributed by atoms with Crippen molar-refractivity contribution in [2.24, 2.45) is 0 Å². The molecule has 1 aromatic heterocycles. The lowest BCUT2D eigenvalue weighted by atomic mass is 10.3. The normalized spacial score (nSPS) is 10.4. The number of pyridine rings is 1. The fourth-order valence-electron chi connectivity index (χ4n) is 1.29. The van der Waals surface area contributed by atoms with E-state index in [1.54, 1.807) is 0 Å². The summed E-state index contributed by atoms with van der Waals surface area (Å²) in [5.41, 5.74) is 0.532. The zero-order valence-electron chi connectivity index (χ0n) is 8.96. The Labute approximate surface area is 112 Å². The molecule has 0 aliphatic carbocycles. The fraction of sp³-hybridized carbons (Fsp3) is 0.0833. The van der Waals surface area contributed by atoms with E-state index >= 15 is 0 Å². The van der Waals surface area contributed by atoms with Crippen LogP contribution in [0, 0.1) is 11.6 Å². The molecule has 0 bridgehead atoms. The fourth-order valence-corrected chi connectivity index (χ4v) is 1.71. The van der Waals surface area contributed by atoms with Gasteiger partial charge in [-0.3, -0.25) is 0 Å². The van der Waals surface area contributed by atoms with Crippen molar-refractivity contribution in [3.63, 3.8) is 0 Å². The van der Waals surface area contributed by atoms with Gasteiger partial charge in [0.05, 0.1) is 5.02 Å². The lowest BCUT2D eigenvalue weighted by molar-refractivity contribution is 0.284. The van der Waals surface area contributed by atoms with Gasteiger partial charge in [-0.05, 0) is 18.2 Å². The van der Waals surface area contributed by atoms with Gasteiger partial charge in [-0.15, -0.1) is 0 Å². The quantitative estimate of drug-likeness (QED) is 0.788. The van der Waals surface area contributed by atoms with E-state index in [2.05, 4.69) is 4.98 Å². The maximum absolute atomic E-state index is 13.3. The van der Waals surface area contributed by atoms with E-state index in [4.69, 9.17) is 27.9 Å². The summed E-state index contributed by atoms with van der Waals surface area (Å²) in [6, 6.07) is 5.15. The molecule has 94 valence electrons. The molecule has 1 aromatic carbocycles. The Hall–Kier alpha value is -1.39. The van der Waals surface area contributed by atoms with Crippen LogP contribution in [0.2, 0.25) is 10.2 Å². The van der Waals surface area contributed by atoms with Gasteiger partial charge in [-0.25, -0.2) is 9.37 Å². The summed E-state index contributed by atoms with van der Waals surface area (Å²) in [6.45, 7) is -0.0244. The highest BCUT2D eigenvalue weighted by Crippen LogP contribution is 2.23. The van der Waals surface area contributed by atoms with Gasteiger partial charge in [0.15, 0.2) is 11.6 Å². The maximum Gasteiger partial charge on any atom is 0.200 e. The van der Waals surface area contributed by atoms with Gasteiger partial charge in [0.1, 0.15) is 11.8 Å². The van der Waals surface area contributed by atoms with Crippen LogP contribution >= 0.6 is 23.2 Å². The summed E-state index contributed by atoms with van der Waals surface area (Å²) < 4.78 is 31.4. The minimum atomic E-state index is -1.03. The lowest BCUT2D eigenvalue weighted by Gasteiger charge is -2.08. The Morgan fingerprint density at radius 2 is 2.00 bits per heavy atom. The van der Waals surface area contributed by atoms with E-state index in [0.29, 0.717) is 10.6 Å². The zero-order valence-corrected chi connectivity index (χ0v) is 10.5. The molecule has 0 atom stereocenters. The number of halogens is 4. The predicted molar refractivity (Wildman–Crippen MR) is 64.9 cm³/mol. The van der Waals surface area contributed by atoms with E-state index in [0.717, 1.165) is 6.07 Å². The highest BCUT2D eigenvalue weighted by Gasteiger charge is 2.10. The summed E-state index contributed by atoms with van der Waals surface area (Å²) >= 11 is 11.5. The third-order valence-corrected chi connectivity index (χ3v) is 2.75. The van der Waals surface area contributed by atoms with Crippen molar-refractivity contribution in [2.45, 2.75) is 6.61 Å². The summed E-state index contributed by atoms with van der Waals surface area (Å²) in [4.78, 5) is 3.83. The van der Waals surface area contributed by atoms with Crippen LogP contribution in [0.4, 0.5) is 8.78 Å². The molecule has 0 spiro atoms. The van der Waals surface area contributed by atoms with Crippen LogP contribution in [0.25, 0.3) is 0 Å². The molecule has 18 heavy (non-hydrogen) atoms. The maximum atomic E-state index is 13.3. The number of rotatable bonds is 3. The minimum Gasteiger partial charge on any atom is -0.486 e. The van der Waals surface area contributed by atoms with Gasteiger partial charge < -0.3 is 4.74 Å². The second-order valence-electron chi connectivity index (χ2n) is 3.44. The lowest BCUT2D eigenvalue weighted by Crippen LogP contribution is -2.00. The highest BCUT2D eigenvalue weighted by atomic mass is 35.5. The van der Waals surface area contributed by atoms with Crippen molar-refractivity contribution in [1.29, 1.82) is 0 Å². The van der Waals surface area contributed by atoms with Crippen LogP contribution in [0.15, 0.2) is 30.5 Å². The molecule has 0 saturated heterocycles. The minimum absolute atomic E-state index is 0.0244. The monoisotopic (exact) mass is 289 g/mol. The molecule has 0 saturated carbocycles. The SMILES string of the molecule is Fc1cccc(OCc2cnc(Cl)cc2Cl)c1F. The second-order valence-corrected chi connectivity index (χ2v) is 4.23. The van der Waals surface area contributed by atoms with Gasteiger partial charge in [0.2, 0.25) is 5.82 Å². The molecular weight excluding hydrogens is 283 g/mol. The molecule has 0 fully saturated rings. The van der Waals surface area contributed by atoms with Gasteiger partial charge >= 0.3 is 0 Å². The standard InChI is InChI=1S/C12H7Cl2F2NO/c13-8-4-11(14)17-5-7(8)6-18-10-3-1-2-9(15)12(10)16/h1-5H,6H2. The van der Waals surface area contributed by atoms with Crippen LogP contribution in [-0.2, 0) is 6.61 Å². The molecule has 2 nitrogen and oxygen atoms in total. The van der Waals surface area contributed by atoms with E-state index in [-0.39, 0.29) is 17.5 Å². The molecule has 0 N–H and O–H groups in total. The number of nitrogens with zero attached hydrogens (tertiary/aromatic N) is 1. The first-order valence-electron chi connectivity index (χ1n) is 4.94. The first-order chi connectivity index (χ1) is 8.58.